The second-order valence-electron chi connectivity index (χ2n) is 7.80. The highest BCUT2D eigenvalue weighted by molar-refractivity contribution is 5.90. The summed E-state index contributed by atoms with van der Waals surface area (Å²) in [5.74, 6) is -0.413. The van der Waals surface area contributed by atoms with Crippen molar-refractivity contribution in [1.29, 1.82) is 0 Å². The first kappa shape index (κ1) is 20.6. The Kier molecular flexibility index (Phi) is 8.57. The molecule has 2 aromatic rings. The van der Waals surface area contributed by atoms with Gasteiger partial charge in [0.2, 0.25) is 0 Å². The first-order valence-electron chi connectivity index (χ1n) is 10.9. The average molecular weight is 381 g/mol. The van der Waals surface area contributed by atoms with Crippen LogP contribution in [-0.4, -0.2) is 12.1 Å². The van der Waals surface area contributed by atoms with E-state index < -0.39 is 5.97 Å². The molecule has 3 nitrogen and oxygen atoms in total. The molecule has 0 heterocycles. The van der Waals surface area contributed by atoms with E-state index in [2.05, 4.69) is 0 Å². The van der Waals surface area contributed by atoms with E-state index in [-0.39, 0.29) is 6.10 Å². The Balaban J connectivity index is 1.54. The lowest BCUT2D eigenvalue weighted by Crippen LogP contribution is -2.17. The van der Waals surface area contributed by atoms with E-state index in [9.17, 15) is 4.79 Å². The van der Waals surface area contributed by atoms with Gasteiger partial charge in [0, 0.05) is 0 Å². The highest BCUT2D eigenvalue weighted by atomic mass is 17.2. The molecular weight excluding hydrogens is 348 g/mol. The Morgan fingerprint density at radius 2 is 1.25 bits per heavy atom. The summed E-state index contributed by atoms with van der Waals surface area (Å²) < 4.78 is 0. The fourth-order valence-electron chi connectivity index (χ4n) is 3.84. The summed E-state index contributed by atoms with van der Waals surface area (Å²) in [5, 5.41) is 0. The van der Waals surface area contributed by atoms with E-state index in [1.54, 1.807) is 6.07 Å². The third-order valence-electron chi connectivity index (χ3n) is 5.52. The molecule has 1 aliphatic carbocycles. The minimum atomic E-state index is -0.413. The van der Waals surface area contributed by atoms with Gasteiger partial charge in [0.15, 0.2) is 0 Å². The molecule has 0 aromatic heterocycles. The Labute approximate surface area is 169 Å². The minimum absolute atomic E-state index is 0.0145. The monoisotopic (exact) mass is 380 g/mol. The number of hydrogen-bond donors (Lipinski definition) is 0. The smallest absolute Gasteiger partial charge is 0.293 e. The topological polar surface area (TPSA) is 35.5 Å². The number of hydrogen-bond acceptors (Lipinski definition) is 3. The zero-order chi connectivity index (χ0) is 19.4. The summed E-state index contributed by atoms with van der Waals surface area (Å²) in [6.45, 7) is 0. The molecule has 0 unspecified atom stereocenters. The van der Waals surface area contributed by atoms with E-state index in [1.165, 1.54) is 44.9 Å². The number of carbonyl (C=O) groups is 1. The quantitative estimate of drug-likeness (QED) is 0.418. The summed E-state index contributed by atoms with van der Waals surface area (Å²) >= 11 is 0. The molecule has 2 aromatic carbocycles. The molecule has 0 saturated heterocycles. The third-order valence-corrected chi connectivity index (χ3v) is 5.52. The van der Waals surface area contributed by atoms with E-state index in [4.69, 9.17) is 9.78 Å². The Morgan fingerprint density at radius 3 is 1.89 bits per heavy atom. The number of benzene rings is 2. The van der Waals surface area contributed by atoms with Crippen LogP contribution in [0, 0.1) is 0 Å². The van der Waals surface area contributed by atoms with Gasteiger partial charge < -0.3 is 0 Å². The van der Waals surface area contributed by atoms with Gasteiger partial charge in [-0.05, 0) is 36.1 Å². The second kappa shape index (κ2) is 11.7. The van der Waals surface area contributed by atoms with Gasteiger partial charge in [-0.2, -0.15) is 4.89 Å². The minimum Gasteiger partial charge on any atom is -0.293 e. The SMILES string of the molecule is O=C(OOC1CCCCCCCCCCC1)c1cccc(-c2ccccc2)c1. The predicted octanol–water partition coefficient (Wildman–Crippen LogP) is 7.12. The predicted molar refractivity (Wildman–Crippen MR) is 113 cm³/mol. The molecule has 0 spiro atoms. The molecule has 0 N–H and O–H groups in total. The van der Waals surface area contributed by atoms with E-state index >= 15 is 0 Å². The number of carbonyl (C=O) groups excluding carboxylic acids is 1. The van der Waals surface area contributed by atoms with E-state index in [0.29, 0.717) is 5.56 Å². The molecule has 0 radical (unpaired) electrons. The van der Waals surface area contributed by atoms with Crippen molar-refractivity contribution in [2.75, 3.05) is 0 Å². The van der Waals surface area contributed by atoms with Crippen LogP contribution in [0.15, 0.2) is 54.6 Å². The van der Waals surface area contributed by atoms with Crippen molar-refractivity contribution in [3.05, 3.63) is 60.2 Å². The maximum atomic E-state index is 12.5. The molecule has 0 atom stereocenters. The lowest BCUT2D eigenvalue weighted by atomic mass is 9.99. The largest absolute Gasteiger partial charge is 0.373 e. The first-order chi connectivity index (χ1) is 13.8. The van der Waals surface area contributed by atoms with Crippen LogP contribution < -0.4 is 0 Å². The standard InChI is InChI=1S/C25H32O3/c26-25(23-17-13-16-22(20-23)21-14-9-8-10-15-21)28-27-24-18-11-6-4-2-1-3-5-7-12-19-24/h8-10,13-17,20,24H,1-7,11-12,18-19H2. The summed E-state index contributed by atoms with van der Waals surface area (Å²) in [4.78, 5) is 23.3. The van der Waals surface area contributed by atoms with Gasteiger partial charge in [0.25, 0.3) is 0 Å². The van der Waals surface area contributed by atoms with Crippen LogP contribution in [0.2, 0.25) is 0 Å². The van der Waals surface area contributed by atoms with Crippen molar-refractivity contribution >= 4 is 5.97 Å². The van der Waals surface area contributed by atoms with Gasteiger partial charge in [-0.1, -0.05) is 100 Å². The van der Waals surface area contributed by atoms with Crippen LogP contribution in [0.4, 0.5) is 0 Å². The van der Waals surface area contributed by atoms with Crippen molar-refractivity contribution in [3.8, 4) is 11.1 Å². The molecular formula is C25H32O3. The lowest BCUT2D eigenvalue weighted by Gasteiger charge is -2.17. The summed E-state index contributed by atoms with van der Waals surface area (Å²) in [6.07, 6.45) is 13.4. The fraction of sp³-hybridized carbons (Fsp3) is 0.480. The van der Waals surface area contributed by atoms with Crippen molar-refractivity contribution in [3.63, 3.8) is 0 Å². The van der Waals surface area contributed by atoms with Gasteiger partial charge >= 0.3 is 5.97 Å². The number of rotatable bonds is 4. The zero-order valence-electron chi connectivity index (χ0n) is 16.8. The maximum absolute atomic E-state index is 12.5. The summed E-state index contributed by atoms with van der Waals surface area (Å²) in [7, 11) is 0. The first-order valence-corrected chi connectivity index (χ1v) is 10.9. The summed E-state index contributed by atoms with van der Waals surface area (Å²) in [6, 6.07) is 17.6. The van der Waals surface area contributed by atoms with Gasteiger partial charge in [-0.15, -0.1) is 0 Å². The van der Waals surface area contributed by atoms with Crippen molar-refractivity contribution < 1.29 is 14.6 Å². The molecule has 0 aliphatic heterocycles. The third kappa shape index (κ3) is 6.79. The van der Waals surface area contributed by atoms with Crippen molar-refractivity contribution in [1.82, 2.24) is 0 Å². The molecule has 0 bridgehead atoms. The van der Waals surface area contributed by atoms with E-state index in [0.717, 1.165) is 36.8 Å². The van der Waals surface area contributed by atoms with Crippen LogP contribution >= 0.6 is 0 Å². The molecule has 28 heavy (non-hydrogen) atoms. The summed E-state index contributed by atoms with van der Waals surface area (Å²) in [5.41, 5.74) is 2.60. The maximum Gasteiger partial charge on any atom is 0.373 e. The van der Waals surface area contributed by atoms with Crippen LogP contribution in [0.1, 0.15) is 81.0 Å². The molecule has 0 amide bonds. The Bertz CT molecular complexity index is 699. The Morgan fingerprint density at radius 1 is 0.679 bits per heavy atom. The van der Waals surface area contributed by atoms with Crippen LogP contribution in [0.3, 0.4) is 0 Å². The molecule has 3 rings (SSSR count). The van der Waals surface area contributed by atoms with Crippen molar-refractivity contribution in [2.24, 2.45) is 0 Å². The average Bonchev–Trinajstić information content (AvgIpc) is 2.74. The Hall–Kier alpha value is -2.13. The fourth-order valence-corrected chi connectivity index (χ4v) is 3.84. The van der Waals surface area contributed by atoms with Gasteiger partial charge in [-0.25, -0.2) is 4.79 Å². The molecule has 150 valence electrons. The second-order valence-corrected chi connectivity index (χ2v) is 7.80. The van der Waals surface area contributed by atoms with Crippen LogP contribution in [0.25, 0.3) is 11.1 Å². The molecule has 1 aliphatic rings. The molecule has 3 heteroatoms. The highest BCUT2D eigenvalue weighted by Crippen LogP contribution is 2.22. The van der Waals surface area contributed by atoms with Gasteiger partial charge in [0.05, 0.1) is 5.56 Å². The van der Waals surface area contributed by atoms with Crippen LogP contribution in [0.5, 0.6) is 0 Å². The normalized spacial score (nSPS) is 17.3. The van der Waals surface area contributed by atoms with Crippen LogP contribution in [-0.2, 0) is 9.78 Å². The molecule has 1 saturated carbocycles. The van der Waals surface area contributed by atoms with Gasteiger partial charge in [0.1, 0.15) is 6.10 Å². The molecule has 1 fully saturated rings. The lowest BCUT2D eigenvalue weighted by molar-refractivity contribution is -0.277. The zero-order valence-corrected chi connectivity index (χ0v) is 16.8. The highest BCUT2D eigenvalue weighted by Gasteiger charge is 2.16. The van der Waals surface area contributed by atoms with Gasteiger partial charge in [-0.3, -0.25) is 4.89 Å². The van der Waals surface area contributed by atoms with E-state index in [1.807, 2.05) is 48.5 Å². The van der Waals surface area contributed by atoms with Crippen molar-refractivity contribution in [2.45, 2.75) is 76.7 Å².